The molecule has 2 aromatic heterocycles. The van der Waals surface area contributed by atoms with Crippen molar-refractivity contribution in [3.63, 3.8) is 0 Å². The molecule has 0 aliphatic carbocycles. The van der Waals surface area contributed by atoms with E-state index in [-0.39, 0.29) is 0 Å². The van der Waals surface area contributed by atoms with Gasteiger partial charge in [0.2, 0.25) is 0 Å². The number of unbranched alkanes of at least 4 members (excludes halogenated alkanes) is 2. The summed E-state index contributed by atoms with van der Waals surface area (Å²) in [7, 11) is 2.01. The van der Waals surface area contributed by atoms with E-state index in [9.17, 15) is 0 Å². The third-order valence-corrected chi connectivity index (χ3v) is 5.49. The van der Waals surface area contributed by atoms with Gasteiger partial charge < -0.3 is 4.90 Å². The number of halogens is 1. The number of benzene rings is 1. The van der Waals surface area contributed by atoms with E-state index in [4.69, 9.17) is 21.7 Å². The standard InChI is InChI=1S/C23H31ClN4/c1-6-8-12-28(13-9-7-2)20-15-17(4)25-22-21(26-27(5)23(20)22)18-11-10-16(3)14-19(18)24/h10-11,14-15H,6-9,12-13H2,1-5H3. The largest absolute Gasteiger partial charge is 0.370 e. The Morgan fingerprint density at radius 2 is 1.71 bits per heavy atom. The first-order chi connectivity index (χ1) is 13.5. The van der Waals surface area contributed by atoms with Crippen LogP contribution in [0.25, 0.3) is 22.3 Å². The number of fused-ring (bicyclic) bond motifs is 1. The molecule has 1 aromatic carbocycles. The molecule has 0 unspecified atom stereocenters. The van der Waals surface area contributed by atoms with Crippen molar-refractivity contribution in [2.75, 3.05) is 18.0 Å². The third kappa shape index (κ3) is 4.17. The molecule has 0 aliphatic rings. The van der Waals surface area contributed by atoms with Crippen LogP contribution in [0.15, 0.2) is 24.3 Å². The minimum absolute atomic E-state index is 0.721. The minimum atomic E-state index is 0.721. The van der Waals surface area contributed by atoms with E-state index >= 15 is 0 Å². The van der Waals surface area contributed by atoms with Crippen LogP contribution < -0.4 is 4.90 Å². The van der Waals surface area contributed by atoms with Gasteiger partial charge in [-0.1, -0.05) is 50.4 Å². The second-order valence-corrected chi connectivity index (χ2v) is 8.04. The molecule has 0 amide bonds. The van der Waals surface area contributed by atoms with Gasteiger partial charge in [0.1, 0.15) is 16.7 Å². The van der Waals surface area contributed by atoms with Crippen LogP contribution >= 0.6 is 11.6 Å². The number of aryl methyl sites for hydroxylation is 3. The fraction of sp³-hybridized carbons (Fsp3) is 0.478. The van der Waals surface area contributed by atoms with Gasteiger partial charge in [0.15, 0.2) is 0 Å². The van der Waals surface area contributed by atoms with Crippen LogP contribution in [0.2, 0.25) is 5.02 Å². The molecule has 5 heteroatoms. The van der Waals surface area contributed by atoms with Crippen LogP contribution in [0.4, 0.5) is 5.69 Å². The molecule has 3 rings (SSSR count). The number of hydrogen-bond donors (Lipinski definition) is 0. The van der Waals surface area contributed by atoms with E-state index in [2.05, 4.69) is 43.9 Å². The molecule has 0 N–H and O–H groups in total. The minimum Gasteiger partial charge on any atom is -0.370 e. The predicted molar refractivity (Wildman–Crippen MR) is 120 cm³/mol. The molecule has 0 saturated heterocycles. The van der Waals surface area contributed by atoms with Crippen molar-refractivity contribution in [1.82, 2.24) is 14.8 Å². The molecule has 0 atom stereocenters. The maximum Gasteiger partial charge on any atom is 0.120 e. The Morgan fingerprint density at radius 3 is 2.32 bits per heavy atom. The first kappa shape index (κ1) is 20.7. The molecule has 0 radical (unpaired) electrons. The Bertz CT molecular complexity index is 953. The Hall–Kier alpha value is -2.07. The Labute approximate surface area is 173 Å². The number of anilines is 1. The summed E-state index contributed by atoms with van der Waals surface area (Å²) in [6.07, 6.45) is 4.74. The predicted octanol–water partition coefficient (Wildman–Crippen LogP) is 6.31. The number of hydrogen-bond acceptors (Lipinski definition) is 3. The molecule has 0 aliphatic heterocycles. The van der Waals surface area contributed by atoms with Gasteiger partial charge in [-0.2, -0.15) is 5.10 Å². The topological polar surface area (TPSA) is 34.0 Å². The highest BCUT2D eigenvalue weighted by Gasteiger charge is 2.20. The zero-order valence-corrected chi connectivity index (χ0v) is 18.5. The third-order valence-electron chi connectivity index (χ3n) is 5.18. The summed E-state index contributed by atoms with van der Waals surface area (Å²) >= 11 is 6.57. The van der Waals surface area contributed by atoms with Crippen LogP contribution in [0.1, 0.15) is 50.8 Å². The van der Waals surface area contributed by atoms with Crippen molar-refractivity contribution in [3.05, 3.63) is 40.5 Å². The SMILES string of the molecule is CCCCN(CCCC)c1cc(C)nc2c(-c3ccc(C)cc3Cl)nn(C)c12. The average Bonchev–Trinajstić information content (AvgIpc) is 2.97. The van der Waals surface area contributed by atoms with Gasteiger partial charge in [-0.15, -0.1) is 0 Å². The lowest BCUT2D eigenvalue weighted by molar-refractivity contribution is 0.676. The van der Waals surface area contributed by atoms with E-state index in [1.807, 2.05) is 24.7 Å². The summed E-state index contributed by atoms with van der Waals surface area (Å²) in [5.74, 6) is 0. The van der Waals surface area contributed by atoms with Gasteiger partial charge >= 0.3 is 0 Å². The van der Waals surface area contributed by atoms with Crippen LogP contribution in [0.3, 0.4) is 0 Å². The number of rotatable bonds is 8. The molecule has 3 aromatic rings. The molecule has 0 bridgehead atoms. The van der Waals surface area contributed by atoms with Crippen molar-refractivity contribution < 1.29 is 0 Å². The molecule has 28 heavy (non-hydrogen) atoms. The molecule has 0 fully saturated rings. The second kappa shape index (κ2) is 8.95. The second-order valence-electron chi connectivity index (χ2n) is 7.63. The van der Waals surface area contributed by atoms with Crippen molar-refractivity contribution >= 4 is 28.3 Å². The van der Waals surface area contributed by atoms with Crippen LogP contribution in [0, 0.1) is 13.8 Å². The van der Waals surface area contributed by atoms with Gasteiger partial charge in [-0.25, -0.2) is 4.98 Å². The van der Waals surface area contributed by atoms with E-state index in [1.54, 1.807) is 0 Å². The number of pyridine rings is 1. The lowest BCUT2D eigenvalue weighted by Gasteiger charge is -2.26. The number of aromatic nitrogens is 3. The molecule has 4 nitrogen and oxygen atoms in total. The van der Waals surface area contributed by atoms with Gasteiger partial charge in [0.25, 0.3) is 0 Å². The monoisotopic (exact) mass is 398 g/mol. The van der Waals surface area contributed by atoms with E-state index in [1.165, 1.54) is 31.4 Å². The summed E-state index contributed by atoms with van der Waals surface area (Å²) in [4.78, 5) is 7.38. The average molecular weight is 399 g/mol. The highest BCUT2D eigenvalue weighted by atomic mass is 35.5. The van der Waals surface area contributed by atoms with Gasteiger partial charge in [-0.3, -0.25) is 4.68 Å². The zero-order chi connectivity index (χ0) is 20.3. The summed E-state index contributed by atoms with van der Waals surface area (Å²) in [6, 6.07) is 8.32. The van der Waals surface area contributed by atoms with Crippen LogP contribution in [-0.4, -0.2) is 27.9 Å². The van der Waals surface area contributed by atoms with Crippen molar-refractivity contribution in [2.24, 2.45) is 7.05 Å². The van der Waals surface area contributed by atoms with E-state index in [0.29, 0.717) is 0 Å². The van der Waals surface area contributed by atoms with Gasteiger partial charge in [-0.05, 0) is 44.4 Å². The highest BCUT2D eigenvalue weighted by molar-refractivity contribution is 6.33. The normalized spacial score (nSPS) is 11.4. The highest BCUT2D eigenvalue weighted by Crippen LogP contribution is 2.36. The number of nitrogens with zero attached hydrogens (tertiary/aromatic N) is 4. The molecule has 0 spiro atoms. The van der Waals surface area contributed by atoms with Crippen LogP contribution in [-0.2, 0) is 7.05 Å². The summed E-state index contributed by atoms with van der Waals surface area (Å²) in [5.41, 5.74) is 7.20. The smallest absolute Gasteiger partial charge is 0.120 e. The zero-order valence-electron chi connectivity index (χ0n) is 17.7. The Morgan fingerprint density at radius 1 is 1.04 bits per heavy atom. The molecule has 0 saturated carbocycles. The van der Waals surface area contributed by atoms with Crippen molar-refractivity contribution in [2.45, 2.75) is 53.4 Å². The van der Waals surface area contributed by atoms with E-state index < -0.39 is 0 Å². The molecule has 2 heterocycles. The maximum atomic E-state index is 6.57. The fourth-order valence-electron chi connectivity index (χ4n) is 3.67. The van der Waals surface area contributed by atoms with Crippen LogP contribution in [0.5, 0.6) is 0 Å². The Kier molecular flexibility index (Phi) is 6.61. The Balaban J connectivity index is 2.18. The van der Waals surface area contributed by atoms with Crippen molar-refractivity contribution in [1.29, 1.82) is 0 Å². The van der Waals surface area contributed by atoms with Gasteiger partial charge in [0.05, 0.1) is 10.7 Å². The maximum absolute atomic E-state index is 6.57. The quantitative estimate of drug-likeness (QED) is 0.445. The van der Waals surface area contributed by atoms with Gasteiger partial charge in [0, 0.05) is 31.4 Å². The lowest BCUT2D eigenvalue weighted by Crippen LogP contribution is -2.26. The fourth-order valence-corrected chi connectivity index (χ4v) is 3.99. The lowest BCUT2D eigenvalue weighted by atomic mass is 10.1. The first-order valence-corrected chi connectivity index (χ1v) is 10.7. The van der Waals surface area contributed by atoms with E-state index in [0.717, 1.165) is 51.7 Å². The first-order valence-electron chi connectivity index (χ1n) is 10.3. The van der Waals surface area contributed by atoms with Crippen molar-refractivity contribution in [3.8, 4) is 11.3 Å². The summed E-state index contributed by atoms with van der Waals surface area (Å²) in [6.45, 7) is 10.7. The molecular formula is C23H31ClN4. The molecular weight excluding hydrogens is 368 g/mol. The summed E-state index contributed by atoms with van der Waals surface area (Å²) in [5, 5.41) is 5.56. The molecule has 150 valence electrons. The summed E-state index contributed by atoms with van der Waals surface area (Å²) < 4.78 is 1.97.